The minimum absolute atomic E-state index is 0.132. The lowest BCUT2D eigenvalue weighted by Gasteiger charge is -2.27. The first-order valence-electron chi connectivity index (χ1n) is 6.58. The van der Waals surface area contributed by atoms with Crippen LogP contribution in [0.1, 0.15) is 24.2 Å². The van der Waals surface area contributed by atoms with Crippen molar-refractivity contribution in [2.45, 2.75) is 19.9 Å². The molecule has 1 amide bonds. The van der Waals surface area contributed by atoms with Gasteiger partial charge in [-0.15, -0.1) is 0 Å². The number of fused-ring (bicyclic) bond motifs is 1. The first-order chi connectivity index (χ1) is 9.90. The molecule has 0 unspecified atom stereocenters. The number of carboxylic acids is 1. The van der Waals surface area contributed by atoms with Gasteiger partial charge in [0.1, 0.15) is 12.4 Å². The van der Waals surface area contributed by atoms with Crippen LogP contribution in [0.5, 0.6) is 0 Å². The molecule has 2 aromatic rings. The van der Waals surface area contributed by atoms with Gasteiger partial charge in [-0.3, -0.25) is 9.59 Å². The summed E-state index contributed by atoms with van der Waals surface area (Å²) in [6.45, 7) is 3.43. The van der Waals surface area contributed by atoms with Gasteiger partial charge in [-0.05, 0) is 26.0 Å². The van der Waals surface area contributed by atoms with Gasteiger partial charge >= 0.3 is 5.97 Å². The molecule has 1 aromatic heterocycles. The second-order valence-corrected chi connectivity index (χ2v) is 5.03. The predicted molar refractivity (Wildman–Crippen MR) is 80.4 cm³/mol. The number of primary amides is 1. The van der Waals surface area contributed by atoms with E-state index in [0.29, 0.717) is 11.3 Å². The molecule has 2 rings (SSSR count). The molecule has 0 aliphatic carbocycles. The Labute approximate surface area is 122 Å². The fraction of sp³-hybridized carbons (Fsp3) is 0.267. The van der Waals surface area contributed by atoms with Crippen molar-refractivity contribution < 1.29 is 14.7 Å². The van der Waals surface area contributed by atoms with E-state index in [0.717, 1.165) is 5.39 Å². The van der Waals surface area contributed by atoms with Gasteiger partial charge in [0.15, 0.2) is 0 Å². The van der Waals surface area contributed by atoms with Crippen LogP contribution in [-0.2, 0) is 4.79 Å². The lowest BCUT2D eigenvalue weighted by atomic mass is 10.1. The summed E-state index contributed by atoms with van der Waals surface area (Å²) < 4.78 is 0. The van der Waals surface area contributed by atoms with E-state index < -0.39 is 11.9 Å². The molecule has 1 aromatic carbocycles. The molecule has 21 heavy (non-hydrogen) atoms. The number of aromatic nitrogens is 1. The fourth-order valence-electron chi connectivity index (χ4n) is 2.15. The molecule has 6 heteroatoms. The summed E-state index contributed by atoms with van der Waals surface area (Å²) in [7, 11) is 0. The van der Waals surface area contributed by atoms with Crippen LogP contribution in [0.3, 0.4) is 0 Å². The standard InChI is InChI=1S/C15H17N3O3/c1-9(2)18(8-13(19)20)15-11(14(16)21)7-10-5-3-4-6-12(10)17-15/h3-7,9H,8H2,1-2H3,(H2,16,21)(H,19,20). The van der Waals surface area contributed by atoms with Gasteiger partial charge in [0.25, 0.3) is 5.91 Å². The Morgan fingerprint density at radius 1 is 1.33 bits per heavy atom. The summed E-state index contributed by atoms with van der Waals surface area (Å²) in [5, 5.41) is 9.84. The number of carbonyl (C=O) groups is 2. The van der Waals surface area contributed by atoms with Crippen molar-refractivity contribution in [1.29, 1.82) is 0 Å². The van der Waals surface area contributed by atoms with Crippen LogP contribution < -0.4 is 10.6 Å². The topological polar surface area (TPSA) is 96.5 Å². The van der Waals surface area contributed by atoms with E-state index in [1.165, 1.54) is 0 Å². The summed E-state index contributed by atoms with van der Waals surface area (Å²) in [6, 6.07) is 8.83. The highest BCUT2D eigenvalue weighted by Gasteiger charge is 2.22. The zero-order valence-electron chi connectivity index (χ0n) is 11.9. The third-order valence-corrected chi connectivity index (χ3v) is 3.17. The van der Waals surface area contributed by atoms with Crippen LogP contribution in [-0.4, -0.2) is 34.6 Å². The predicted octanol–water partition coefficient (Wildman–Crippen LogP) is 1.63. The number of nitrogens with two attached hydrogens (primary N) is 1. The van der Waals surface area contributed by atoms with E-state index >= 15 is 0 Å². The number of aliphatic carboxylic acids is 1. The Balaban J connectivity index is 2.65. The summed E-state index contributed by atoms with van der Waals surface area (Å²) in [5.74, 6) is -1.31. The van der Waals surface area contributed by atoms with Crippen molar-refractivity contribution in [3.63, 3.8) is 0 Å². The first-order valence-corrected chi connectivity index (χ1v) is 6.58. The number of benzene rings is 1. The Morgan fingerprint density at radius 2 is 2.00 bits per heavy atom. The molecule has 0 saturated heterocycles. The molecular weight excluding hydrogens is 270 g/mol. The van der Waals surface area contributed by atoms with E-state index in [9.17, 15) is 9.59 Å². The van der Waals surface area contributed by atoms with Crippen LogP contribution in [0.2, 0.25) is 0 Å². The molecule has 0 fully saturated rings. The highest BCUT2D eigenvalue weighted by atomic mass is 16.4. The highest BCUT2D eigenvalue weighted by Crippen LogP contribution is 2.24. The van der Waals surface area contributed by atoms with Gasteiger partial charge in [-0.25, -0.2) is 4.98 Å². The van der Waals surface area contributed by atoms with Crippen molar-refractivity contribution in [1.82, 2.24) is 4.98 Å². The van der Waals surface area contributed by atoms with Crippen LogP contribution in [0.4, 0.5) is 5.82 Å². The Bertz CT molecular complexity index is 698. The maximum absolute atomic E-state index is 11.7. The van der Waals surface area contributed by atoms with E-state index in [1.807, 2.05) is 38.1 Å². The lowest BCUT2D eigenvalue weighted by Crippen LogP contribution is -2.37. The van der Waals surface area contributed by atoms with E-state index in [1.54, 1.807) is 11.0 Å². The molecule has 0 aliphatic heterocycles. The number of amides is 1. The number of anilines is 1. The zero-order valence-corrected chi connectivity index (χ0v) is 11.9. The largest absolute Gasteiger partial charge is 0.480 e. The third-order valence-electron chi connectivity index (χ3n) is 3.17. The van der Waals surface area contributed by atoms with Gasteiger partial charge in [-0.1, -0.05) is 18.2 Å². The molecule has 6 nitrogen and oxygen atoms in total. The molecule has 0 atom stereocenters. The van der Waals surface area contributed by atoms with Gasteiger partial charge < -0.3 is 15.7 Å². The van der Waals surface area contributed by atoms with Gasteiger partial charge in [0.2, 0.25) is 0 Å². The Kier molecular flexibility index (Phi) is 4.07. The third kappa shape index (κ3) is 3.10. The normalized spacial score (nSPS) is 10.8. The molecule has 0 bridgehead atoms. The number of hydrogen-bond donors (Lipinski definition) is 2. The second kappa shape index (κ2) is 5.78. The van der Waals surface area contributed by atoms with E-state index in [4.69, 9.17) is 10.8 Å². The minimum atomic E-state index is -0.992. The van der Waals surface area contributed by atoms with E-state index in [2.05, 4.69) is 4.98 Å². The van der Waals surface area contributed by atoms with Crippen molar-refractivity contribution in [3.8, 4) is 0 Å². The van der Waals surface area contributed by atoms with Crippen molar-refractivity contribution in [2.75, 3.05) is 11.4 Å². The van der Waals surface area contributed by atoms with Crippen LogP contribution in [0.15, 0.2) is 30.3 Å². The number of carboxylic acid groups (broad SMARTS) is 1. The first kappa shape index (κ1) is 14.8. The summed E-state index contributed by atoms with van der Waals surface area (Å²) in [4.78, 5) is 28.7. The van der Waals surface area contributed by atoms with Crippen molar-refractivity contribution in [2.24, 2.45) is 5.73 Å². The maximum Gasteiger partial charge on any atom is 0.323 e. The number of carbonyl (C=O) groups excluding carboxylic acids is 1. The molecular formula is C15H17N3O3. The number of hydrogen-bond acceptors (Lipinski definition) is 4. The highest BCUT2D eigenvalue weighted by molar-refractivity contribution is 6.01. The van der Waals surface area contributed by atoms with E-state index in [-0.39, 0.29) is 18.2 Å². The van der Waals surface area contributed by atoms with Gasteiger partial charge in [-0.2, -0.15) is 0 Å². The molecule has 0 aliphatic rings. The second-order valence-electron chi connectivity index (χ2n) is 5.03. The van der Waals surface area contributed by atoms with Crippen molar-refractivity contribution >= 4 is 28.6 Å². The number of nitrogens with zero attached hydrogens (tertiary/aromatic N) is 2. The van der Waals surface area contributed by atoms with Gasteiger partial charge in [0.05, 0.1) is 11.1 Å². The average Bonchev–Trinajstić information content (AvgIpc) is 2.42. The number of para-hydroxylation sites is 1. The Hall–Kier alpha value is -2.63. The van der Waals surface area contributed by atoms with Gasteiger partial charge in [0, 0.05) is 11.4 Å². The summed E-state index contributed by atoms with van der Waals surface area (Å²) in [5.41, 5.74) is 6.34. The molecule has 110 valence electrons. The lowest BCUT2D eigenvalue weighted by molar-refractivity contribution is -0.135. The zero-order chi connectivity index (χ0) is 15.6. The van der Waals surface area contributed by atoms with Crippen LogP contribution in [0, 0.1) is 0 Å². The number of pyridine rings is 1. The minimum Gasteiger partial charge on any atom is -0.480 e. The smallest absolute Gasteiger partial charge is 0.323 e. The maximum atomic E-state index is 11.7. The molecule has 0 saturated carbocycles. The summed E-state index contributed by atoms with van der Waals surface area (Å²) in [6.07, 6.45) is 0. The fourth-order valence-corrected chi connectivity index (χ4v) is 2.15. The number of rotatable bonds is 5. The van der Waals surface area contributed by atoms with Crippen LogP contribution in [0.25, 0.3) is 10.9 Å². The molecule has 0 radical (unpaired) electrons. The quantitative estimate of drug-likeness (QED) is 0.871. The molecule has 1 heterocycles. The molecule has 3 N–H and O–H groups in total. The Morgan fingerprint density at radius 3 is 2.57 bits per heavy atom. The average molecular weight is 287 g/mol. The SMILES string of the molecule is CC(C)N(CC(=O)O)c1nc2ccccc2cc1C(N)=O. The summed E-state index contributed by atoms with van der Waals surface area (Å²) >= 11 is 0. The van der Waals surface area contributed by atoms with Crippen molar-refractivity contribution in [3.05, 3.63) is 35.9 Å². The molecule has 0 spiro atoms. The van der Waals surface area contributed by atoms with Crippen LogP contribution >= 0.6 is 0 Å². The monoisotopic (exact) mass is 287 g/mol.